The van der Waals surface area contributed by atoms with Gasteiger partial charge >= 0.3 is 0 Å². The van der Waals surface area contributed by atoms with Crippen LogP contribution in [0.2, 0.25) is 0 Å². The molecule has 3 heterocycles. The number of furan rings is 1. The third-order valence-electron chi connectivity index (χ3n) is 5.26. The molecule has 8 heteroatoms. The van der Waals surface area contributed by atoms with E-state index < -0.39 is 5.92 Å². The predicted molar refractivity (Wildman–Crippen MR) is 118 cm³/mol. The average molecular weight is 438 g/mol. The van der Waals surface area contributed by atoms with Gasteiger partial charge in [0.15, 0.2) is 5.76 Å². The molecular weight excluding hydrogens is 414 g/mol. The van der Waals surface area contributed by atoms with Crippen molar-refractivity contribution in [2.24, 2.45) is 5.92 Å². The van der Waals surface area contributed by atoms with Gasteiger partial charge in [-0.05, 0) is 42.6 Å². The highest BCUT2D eigenvalue weighted by molar-refractivity contribution is 7.10. The third kappa shape index (κ3) is 4.54. The summed E-state index contributed by atoms with van der Waals surface area (Å²) in [5.41, 5.74) is 1.89. The molecule has 1 aliphatic heterocycles. The van der Waals surface area contributed by atoms with Crippen molar-refractivity contribution in [3.8, 4) is 0 Å². The number of carbonyl (C=O) groups is 3. The Morgan fingerprint density at radius 1 is 1.10 bits per heavy atom. The van der Waals surface area contributed by atoms with Gasteiger partial charge in [-0.3, -0.25) is 14.4 Å². The fourth-order valence-corrected chi connectivity index (χ4v) is 4.63. The Morgan fingerprint density at radius 3 is 2.55 bits per heavy atom. The van der Waals surface area contributed by atoms with Crippen molar-refractivity contribution >= 4 is 34.7 Å². The van der Waals surface area contributed by atoms with Crippen molar-refractivity contribution in [2.45, 2.75) is 19.4 Å². The van der Waals surface area contributed by atoms with E-state index in [0.717, 1.165) is 16.1 Å². The van der Waals surface area contributed by atoms with E-state index in [4.69, 9.17) is 4.42 Å². The zero-order valence-electron chi connectivity index (χ0n) is 17.0. The third-order valence-corrected chi connectivity index (χ3v) is 6.20. The van der Waals surface area contributed by atoms with E-state index in [1.54, 1.807) is 17.0 Å². The zero-order chi connectivity index (χ0) is 21.8. The molecule has 0 radical (unpaired) electrons. The van der Waals surface area contributed by atoms with E-state index in [1.807, 2.05) is 48.7 Å². The number of anilines is 1. The lowest BCUT2D eigenvalue weighted by atomic mass is 9.97. The van der Waals surface area contributed by atoms with Gasteiger partial charge in [0.1, 0.15) is 0 Å². The molecule has 2 N–H and O–H groups in total. The minimum atomic E-state index is -0.506. The molecule has 7 nitrogen and oxygen atoms in total. The first-order valence-corrected chi connectivity index (χ1v) is 10.9. The second-order valence-electron chi connectivity index (χ2n) is 7.39. The zero-order valence-corrected chi connectivity index (χ0v) is 17.9. The fraction of sp³-hybridized carbons (Fsp3) is 0.261. The summed E-state index contributed by atoms with van der Waals surface area (Å²) >= 11 is 1.53. The molecule has 2 atom stereocenters. The molecule has 0 spiro atoms. The number of nitrogens with one attached hydrogen (secondary N) is 2. The molecule has 1 aromatic carbocycles. The largest absolute Gasteiger partial charge is 0.459 e. The number of carbonyl (C=O) groups excluding carboxylic acids is 3. The highest BCUT2D eigenvalue weighted by Crippen LogP contribution is 2.43. The molecule has 3 aromatic rings. The lowest BCUT2D eigenvalue weighted by Crippen LogP contribution is -2.39. The summed E-state index contributed by atoms with van der Waals surface area (Å²) in [6.07, 6.45) is 1.57. The van der Waals surface area contributed by atoms with Crippen LogP contribution in [-0.2, 0) is 9.59 Å². The molecule has 0 bridgehead atoms. The highest BCUT2D eigenvalue weighted by atomic mass is 32.1. The normalized spacial score (nSPS) is 18.2. The van der Waals surface area contributed by atoms with Gasteiger partial charge in [0.2, 0.25) is 11.8 Å². The number of thiophene rings is 1. The highest BCUT2D eigenvalue weighted by Gasteiger charge is 2.45. The smallest absolute Gasteiger partial charge is 0.287 e. The minimum Gasteiger partial charge on any atom is -0.459 e. The fourth-order valence-electron chi connectivity index (χ4n) is 3.75. The maximum atomic E-state index is 13.0. The number of hydrogen-bond donors (Lipinski definition) is 2. The van der Waals surface area contributed by atoms with Crippen molar-refractivity contribution in [1.82, 2.24) is 10.6 Å². The van der Waals surface area contributed by atoms with Gasteiger partial charge in [-0.2, -0.15) is 0 Å². The first-order chi connectivity index (χ1) is 15.0. The Kier molecular flexibility index (Phi) is 6.18. The van der Waals surface area contributed by atoms with Gasteiger partial charge in [-0.15, -0.1) is 11.3 Å². The second kappa shape index (κ2) is 9.18. The van der Waals surface area contributed by atoms with Gasteiger partial charge in [0.05, 0.1) is 18.2 Å². The SMILES string of the molecule is Cc1ccc(N2C(=O)C[C@@H](C(=O)NCCNC(=O)c3ccco3)[C@@H]2c2cccs2)cc1. The van der Waals surface area contributed by atoms with Crippen LogP contribution in [0.15, 0.2) is 64.6 Å². The van der Waals surface area contributed by atoms with Crippen LogP contribution in [0.4, 0.5) is 5.69 Å². The Bertz CT molecular complexity index is 1050. The summed E-state index contributed by atoms with van der Waals surface area (Å²) in [5, 5.41) is 7.51. The van der Waals surface area contributed by atoms with Crippen LogP contribution >= 0.6 is 11.3 Å². The number of nitrogens with zero attached hydrogens (tertiary/aromatic N) is 1. The molecular formula is C23H23N3O4S. The van der Waals surface area contributed by atoms with Crippen LogP contribution in [0.1, 0.15) is 33.5 Å². The molecule has 0 saturated carbocycles. The van der Waals surface area contributed by atoms with E-state index in [0.29, 0.717) is 0 Å². The van der Waals surface area contributed by atoms with Crippen LogP contribution in [-0.4, -0.2) is 30.8 Å². The van der Waals surface area contributed by atoms with Gasteiger partial charge in [0.25, 0.3) is 5.91 Å². The number of rotatable bonds is 7. The van der Waals surface area contributed by atoms with Gasteiger partial charge < -0.3 is 20.0 Å². The van der Waals surface area contributed by atoms with Crippen LogP contribution in [0, 0.1) is 12.8 Å². The summed E-state index contributed by atoms with van der Waals surface area (Å²) in [6.45, 7) is 2.52. The van der Waals surface area contributed by atoms with Crippen LogP contribution in [0.25, 0.3) is 0 Å². The molecule has 2 aromatic heterocycles. The van der Waals surface area contributed by atoms with Crippen molar-refractivity contribution in [1.29, 1.82) is 0 Å². The molecule has 160 valence electrons. The van der Waals surface area contributed by atoms with E-state index >= 15 is 0 Å². The lowest BCUT2D eigenvalue weighted by Gasteiger charge is -2.27. The number of hydrogen-bond acceptors (Lipinski definition) is 5. The summed E-state index contributed by atoms with van der Waals surface area (Å²) in [6, 6.07) is 14.5. The Hall–Kier alpha value is -3.39. The van der Waals surface area contributed by atoms with Gasteiger partial charge in [-0.25, -0.2) is 0 Å². The standard InChI is InChI=1S/C23H23N3O4S/c1-15-6-8-16(9-7-15)26-20(27)14-17(21(26)19-5-3-13-31-19)22(28)24-10-11-25-23(29)18-4-2-12-30-18/h2-9,12-13,17,21H,10-11,14H2,1H3,(H,24,28)(H,25,29)/t17-,21-/m1/s1. The maximum Gasteiger partial charge on any atom is 0.287 e. The summed E-state index contributed by atoms with van der Waals surface area (Å²) in [7, 11) is 0. The summed E-state index contributed by atoms with van der Waals surface area (Å²) < 4.78 is 5.04. The van der Waals surface area contributed by atoms with E-state index in [-0.39, 0.29) is 49.0 Å². The molecule has 4 rings (SSSR count). The molecule has 31 heavy (non-hydrogen) atoms. The second-order valence-corrected chi connectivity index (χ2v) is 8.37. The van der Waals surface area contributed by atoms with Crippen molar-refractivity contribution < 1.29 is 18.8 Å². The predicted octanol–water partition coefficient (Wildman–Crippen LogP) is 3.29. The van der Waals surface area contributed by atoms with E-state index in [2.05, 4.69) is 10.6 Å². The molecule has 0 aliphatic carbocycles. The summed E-state index contributed by atoms with van der Waals surface area (Å²) in [5.74, 6) is -0.896. The molecule has 0 unspecified atom stereocenters. The number of benzene rings is 1. The van der Waals surface area contributed by atoms with Crippen molar-refractivity contribution in [2.75, 3.05) is 18.0 Å². The quantitative estimate of drug-likeness (QED) is 0.555. The summed E-state index contributed by atoms with van der Waals surface area (Å²) in [4.78, 5) is 40.5. The first kappa shape index (κ1) is 20.9. The number of aryl methyl sites for hydroxylation is 1. The van der Waals surface area contributed by atoms with Crippen LogP contribution in [0.5, 0.6) is 0 Å². The van der Waals surface area contributed by atoms with Crippen molar-refractivity contribution in [3.05, 3.63) is 76.4 Å². The molecule has 1 aliphatic rings. The molecule has 1 saturated heterocycles. The van der Waals surface area contributed by atoms with E-state index in [1.165, 1.54) is 17.6 Å². The maximum absolute atomic E-state index is 13.0. The van der Waals surface area contributed by atoms with Gasteiger partial charge in [-0.1, -0.05) is 23.8 Å². The van der Waals surface area contributed by atoms with Crippen molar-refractivity contribution in [3.63, 3.8) is 0 Å². The molecule has 1 fully saturated rings. The van der Waals surface area contributed by atoms with Gasteiger partial charge in [0, 0.05) is 30.1 Å². The monoisotopic (exact) mass is 437 g/mol. The Morgan fingerprint density at radius 2 is 1.87 bits per heavy atom. The number of amides is 3. The lowest BCUT2D eigenvalue weighted by molar-refractivity contribution is -0.126. The average Bonchev–Trinajstić information content (AvgIpc) is 3.52. The Labute approximate surface area is 184 Å². The van der Waals surface area contributed by atoms with Crippen LogP contribution < -0.4 is 15.5 Å². The Balaban J connectivity index is 1.43. The van der Waals surface area contributed by atoms with E-state index in [9.17, 15) is 14.4 Å². The molecule has 3 amide bonds. The van der Waals surface area contributed by atoms with Crippen LogP contribution in [0.3, 0.4) is 0 Å². The minimum absolute atomic E-state index is 0.0754. The topological polar surface area (TPSA) is 91.7 Å². The first-order valence-electron chi connectivity index (χ1n) is 10.1.